The number of anilines is 3. The van der Waals surface area contributed by atoms with Gasteiger partial charge in [-0.2, -0.15) is 18.8 Å². The van der Waals surface area contributed by atoms with Crippen LogP contribution in [0.4, 0.5) is 17.1 Å². The smallest absolute Gasteiger partial charge is 0.320 e. The summed E-state index contributed by atoms with van der Waals surface area (Å²) in [7, 11) is 0. The predicted molar refractivity (Wildman–Crippen MR) is 312 cm³/mol. The largest absolute Gasteiger partial charge is 0.509 e. The Morgan fingerprint density at radius 3 is 1.99 bits per heavy atom. The molecule has 0 fully saturated rings. The summed E-state index contributed by atoms with van der Waals surface area (Å²) in [6, 6.07) is 49.3. The van der Waals surface area contributed by atoms with Crippen molar-refractivity contribution in [3.05, 3.63) is 277 Å². The fourth-order valence-corrected chi connectivity index (χ4v) is 11.0. The van der Waals surface area contributed by atoms with Crippen LogP contribution in [-0.4, -0.2) is 32.9 Å². The average Bonchev–Trinajstić information content (AvgIpc) is 4.12. The predicted octanol–water partition coefficient (Wildman–Crippen LogP) is 15.2. The Morgan fingerprint density at radius 2 is 1.28 bits per heavy atom. The van der Waals surface area contributed by atoms with Crippen LogP contribution in [0.3, 0.4) is 0 Å². The Hall–Kier alpha value is -7.99. The Bertz CT molecular complexity index is 3980. The molecule has 0 saturated carbocycles. The molecule has 0 bridgehead atoms. The monoisotopic (exact) mass is 1170 g/mol. The van der Waals surface area contributed by atoms with E-state index in [0.717, 1.165) is 33.4 Å². The zero-order valence-corrected chi connectivity index (χ0v) is 44.5. The van der Waals surface area contributed by atoms with Crippen molar-refractivity contribution < 1.29 is 34.0 Å². The van der Waals surface area contributed by atoms with E-state index in [1.165, 1.54) is 45.5 Å². The number of ether oxygens (including phenoxy) is 1. The average molecular weight is 1170 g/mol. The first-order valence-electron chi connectivity index (χ1n) is 28.4. The zero-order valence-electron chi connectivity index (χ0n) is 48.2. The van der Waals surface area contributed by atoms with Gasteiger partial charge in [-0.05, 0) is 135 Å². The van der Waals surface area contributed by atoms with Crippen LogP contribution in [0.5, 0.6) is 11.5 Å². The number of pyridine rings is 1. The molecule has 7 heterocycles. The molecule has 0 N–H and O–H groups in total. The molecule has 374 valence electrons. The minimum absolute atomic E-state index is 0. The number of nitrogens with zero attached hydrogens (tertiary/aromatic N) is 6. The van der Waals surface area contributed by atoms with Crippen molar-refractivity contribution in [3.8, 4) is 17.3 Å². The van der Waals surface area contributed by atoms with Gasteiger partial charge in [-0.25, -0.2) is 4.98 Å². The fraction of sp³-hybridized carbons (Fsp3) is 0.121. The van der Waals surface area contributed by atoms with Crippen molar-refractivity contribution in [1.29, 1.82) is 0 Å². The van der Waals surface area contributed by atoms with Gasteiger partial charge in [0.15, 0.2) is 0 Å². The first-order valence-corrected chi connectivity index (χ1v) is 25.4. The standard InChI is InChI=1S/C66H55B2N6O.Pt/c1-65(2,3)49-40-55(58-25-18-38-71-36-15-13-33-67(58)71)57(56(41-49)59-26-19-39-72-37-16-14-34-68(59)72)45-70-46-73(62-29-12-11-28-61(62)70)50-22-17-23-51(43-50)75-52-30-31-54-53-24-9-10-27-60(53)74(63(54)44-52)64-42-48(32-35-69-64)66(4,5)47-20-7-6-8-21-47;/h6-42,46H,45H2,1-5H3;/q-3;/i4D3,5D3;. The molecule has 0 atom stereocenters. The molecule has 0 unspecified atom stereocenters. The van der Waals surface area contributed by atoms with Crippen molar-refractivity contribution in [2.75, 3.05) is 9.80 Å². The topological polar surface area (TPSA) is 40.0 Å². The van der Waals surface area contributed by atoms with Gasteiger partial charge in [0, 0.05) is 75.8 Å². The van der Waals surface area contributed by atoms with Crippen molar-refractivity contribution in [3.63, 3.8) is 0 Å². The molecule has 0 saturated heterocycles. The Balaban J connectivity index is 0.00000665. The molecule has 0 radical (unpaired) electrons. The van der Waals surface area contributed by atoms with E-state index in [1.807, 2.05) is 59.2 Å². The van der Waals surface area contributed by atoms with Gasteiger partial charge in [0.05, 0.1) is 0 Å². The third kappa shape index (κ3) is 8.71. The normalized spacial score (nSPS) is 17.0. The number of hydrogen-bond donors (Lipinski definition) is 0. The van der Waals surface area contributed by atoms with Gasteiger partial charge in [0.25, 0.3) is 0 Å². The molecule has 6 aromatic carbocycles. The summed E-state index contributed by atoms with van der Waals surface area (Å²) in [6.45, 7) is 3.75. The summed E-state index contributed by atoms with van der Waals surface area (Å²) in [5, 5.41) is 1.76. The van der Waals surface area contributed by atoms with Gasteiger partial charge in [-0.15, -0.1) is 41.4 Å². The van der Waals surface area contributed by atoms with E-state index >= 15 is 0 Å². The van der Waals surface area contributed by atoms with E-state index in [4.69, 9.17) is 17.9 Å². The first-order chi connectivity index (χ1) is 39.1. The van der Waals surface area contributed by atoms with E-state index in [2.05, 4.69) is 181 Å². The molecule has 0 amide bonds. The molecular weight excluding hydrogens is 1110 g/mol. The van der Waals surface area contributed by atoms with Crippen molar-refractivity contribution in [2.45, 2.75) is 51.8 Å². The molecule has 5 aliphatic heterocycles. The molecule has 2 aromatic heterocycles. The van der Waals surface area contributed by atoms with Crippen LogP contribution in [0.25, 0.3) is 38.6 Å². The first kappa shape index (κ1) is 42.3. The molecule has 10 heteroatoms. The summed E-state index contributed by atoms with van der Waals surface area (Å²) in [6.07, 6.45) is 27.4. The van der Waals surface area contributed by atoms with Crippen LogP contribution in [0.15, 0.2) is 225 Å². The maximum atomic E-state index is 8.83. The van der Waals surface area contributed by atoms with E-state index in [-0.39, 0.29) is 51.3 Å². The van der Waals surface area contributed by atoms with Crippen molar-refractivity contribution in [2.24, 2.45) is 0 Å². The fourth-order valence-electron chi connectivity index (χ4n) is 11.0. The number of fused-ring (bicyclic) bond motifs is 6. The summed E-state index contributed by atoms with van der Waals surface area (Å²) in [4.78, 5) is 13.8. The number of benzene rings is 6. The van der Waals surface area contributed by atoms with E-state index in [0.29, 0.717) is 29.4 Å². The molecule has 0 spiro atoms. The van der Waals surface area contributed by atoms with Crippen LogP contribution in [0.1, 0.15) is 76.1 Å². The number of hydrogen-bond acceptors (Lipinski definition) is 6. The Morgan fingerprint density at radius 1 is 0.618 bits per heavy atom. The molecule has 8 aromatic rings. The second-order valence-electron chi connectivity index (χ2n) is 20.5. The van der Waals surface area contributed by atoms with Crippen LogP contribution in [-0.2, 0) is 38.4 Å². The van der Waals surface area contributed by atoms with Crippen LogP contribution in [0.2, 0.25) is 0 Å². The second kappa shape index (κ2) is 19.6. The molecule has 7 nitrogen and oxygen atoms in total. The van der Waals surface area contributed by atoms with Gasteiger partial charge >= 0.3 is 13.7 Å². The summed E-state index contributed by atoms with van der Waals surface area (Å²) in [5.74, 6) is 5.77. The van der Waals surface area contributed by atoms with E-state index in [9.17, 15) is 0 Å². The molecule has 5 aliphatic rings. The third-order valence-corrected chi connectivity index (χ3v) is 14.8. The Kier molecular flexibility index (Phi) is 10.9. The SMILES string of the molecule is [2H]C([2H])([2H])C(c1ccccc1)(c1ccnc(-n2c3[c-]c(Oc4[c-]c(N5[CH-]N(Cc6c(C7=CC=CN8C=CC=CB78)cc(C(C)(C)C)cc6C6=CC=CN7C=CC=CB67)c6ccccc65)ccc4)ccc3c3ccccc32)c1)C([2H])([2H])[2H].[Pt]. The van der Waals surface area contributed by atoms with Gasteiger partial charge < -0.3 is 28.7 Å². The van der Waals surface area contributed by atoms with Crippen molar-refractivity contribution >= 4 is 63.5 Å². The summed E-state index contributed by atoms with van der Waals surface area (Å²) >= 11 is 0. The van der Waals surface area contributed by atoms with Crippen LogP contribution in [0, 0.1) is 18.8 Å². The maximum absolute atomic E-state index is 8.83. The second-order valence-corrected chi connectivity index (χ2v) is 20.5. The molecule has 13 rings (SSSR count). The van der Waals surface area contributed by atoms with E-state index in [1.54, 1.807) is 36.4 Å². The maximum Gasteiger partial charge on any atom is 0.320 e. The molecular formula is C66H55B2N6OPt-3. The molecule has 0 aliphatic carbocycles. The van der Waals surface area contributed by atoms with Gasteiger partial charge in [-0.3, -0.25) is 0 Å². The minimum atomic E-state index is -2.97. The summed E-state index contributed by atoms with van der Waals surface area (Å²) < 4.78 is 61.5. The zero-order chi connectivity index (χ0) is 55.8. The number of para-hydroxylation sites is 3. The number of allylic oxidation sites excluding steroid dienone is 8. The van der Waals surface area contributed by atoms with Crippen molar-refractivity contribution in [1.82, 2.24) is 19.2 Å². The van der Waals surface area contributed by atoms with Gasteiger partial charge in [0.2, 0.25) is 0 Å². The van der Waals surface area contributed by atoms with Gasteiger partial charge in [-0.1, -0.05) is 149 Å². The van der Waals surface area contributed by atoms with Gasteiger partial charge in [0.1, 0.15) is 5.82 Å². The van der Waals surface area contributed by atoms with Crippen LogP contribution < -0.4 is 14.5 Å². The Labute approximate surface area is 470 Å². The quantitative estimate of drug-likeness (QED) is 0.100. The van der Waals surface area contributed by atoms with Crippen LogP contribution >= 0.6 is 0 Å². The number of rotatable bonds is 10. The minimum Gasteiger partial charge on any atom is -0.509 e. The van der Waals surface area contributed by atoms with E-state index < -0.39 is 19.1 Å². The number of aromatic nitrogens is 2. The third-order valence-electron chi connectivity index (χ3n) is 14.8. The summed E-state index contributed by atoms with van der Waals surface area (Å²) in [5.41, 5.74) is 9.35. The molecule has 76 heavy (non-hydrogen) atoms.